The lowest BCUT2D eigenvalue weighted by molar-refractivity contribution is -0.117. The van der Waals surface area contributed by atoms with E-state index in [-0.39, 0.29) is 18.3 Å². The van der Waals surface area contributed by atoms with Crippen LogP contribution in [-0.4, -0.2) is 44.0 Å². The molecule has 1 fully saturated rings. The van der Waals surface area contributed by atoms with Crippen molar-refractivity contribution in [2.45, 2.75) is 12.8 Å². The zero-order chi connectivity index (χ0) is 19.5. The van der Waals surface area contributed by atoms with Crippen molar-refractivity contribution in [1.82, 2.24) is 0 Å². The Hall–Kier alpha value is -3.35. The fourth-order valence-corrected chi connectivity index (χ4v) is 3.22. The van der Waals surface area contributed by atoms with E-state index < -0.39 is 5.97 Å². The molecule has 7 nitrogen and oxygen atoms in total. The predicted octanol–water partition coefficient (Wildman–Crippen LogP) is 2.62. The summed E-state index contributed by atoms with van der Waals surface area (Å²) in [5.41, 5.74) is 1.48. The van der Waals surface area contributed by atoms with E-state index in [9.17, 15) is 14.4 Å². The van der Waals surface area contributed by atoms with E-state index in [0.717, 1.165) is 12.1 Å². The summed E-state index contributed by atoms with van der Waals surface area (Å²) in [6.45, 7) is 1.22. The maximum Gasteiger partial charge on any atom is 0.338 e. The molecule has 1 amide bonds. The number of nitrogens with zero attached hydrogens (tertiary/aromatic N) is 1. The third-order valence-electron chi connectivity index (χ3n) is 4.69. The van der Waals surface area contributed by atoms with Crippen LogP contribution in [0.5, 0.6) is 11.5 Å². The van der Waals surface area contributed by atoms with Gasteiger partial charge in [-0.3, -0.25) is 9.59 Å². The second-order valence-corrected chi connectivity index (χ2v) is 6.55. The number of fused-ring (bicyclic) bond motifs is 1. The van der Waals surface area contributed by atoms with Crippen LogP contribution in [0, 0.1) is 0 Å². The van der Waals surface area contributed by atoms with Crippen LogP contribution in [-0.2, 0) is 9.53 Å². The number of esters is 1. The number of benzene rings is 2. The van der Waals surface area contributed by atoms with Crippen molar-refractivity contribution in [3.63, 3.8) is 0 Å². The fourth-order valence-electron chi connectivity index (χ4n) is 3.22. The molecule has 0 N–H and O–H groups in total. The van der Waals surface area contributed by atoms with Crippen molar-refractivity contribution < 1.29 is 28.6 Å². The molecule has 2 aliphatic heterocycles. The molecule has 7 heteroatoms. The number of rotatable bonds is 5. The molecular weight excluding hydrogens is 362 g/mol. The minimum Gasteiger partial charge on any atom is -0.486 e. The summed E-state index contributed by atoms with van der Waals surface area (Å²) >= 11 is 0. The zero-order valence-corrected chi connectivity index (χ0v) is 15.2. The molecule has 0 aliphatic carbocycles. The lowest BCUT2D eigenvalue weighted by Crippen LogP contribution is -2.23. The topological polar surface area (TPSA) is 82.1 Å². The van der Waals surface area contributed by atoms with E-state index in [1.165, 1.54) is 0 Å². The van der Waals surface area contributed by atoms with Crippen molar-refractivity contribution in [3.05, 3.63) is 53.6 Å². The molecule has 0 atom stereocenters. The van der Waals surface area contributed by atoms with Gasteiger partial charge in [-0.05, 0) is 48.9 Å². The zero-order valence-electron chi connectivity index (χ0n) is 15.2. The quantitative estimate of drug-likeness (QED) is 0.585. The Morgan fingerprint density at radius 1 is 0.964 bits per heavy atom. The molecule has 0 unspecified atom stereocenters. The van der Waals surface area contributed by atoms with Gasteiger partial charge in [-0.1, -0.05) is 0 Å². The van der Waals surface area contributed by atoms with Gasteiger partial charge in [0.2, 0.25) is 5.91 Å². The number of carbonyl (C=O) groups excluding carboxylic acids is 3. The van der Waals surface area contributed by atoms with Gasteiger partial charge in [-0.2, -0.15) is 0 Å². The average molecular weight is 381 g/mol. The number of hydrogen-bond acceptors (Lipinski definition) is 6. The van der Waals surface area contributed by atoms with Gasteiger partial charge in [0.15, 0.2) is 23.9 Å². The van der Waals surface area contributed by atoms with Crippen LogP contribution in [0.3, 0.4) is 0 Å². The number of anilines is 1. The minimum atomic E-state index is -0.607. The second kappa shape index (κ2) is 7.72. The maximum atomic E-state index is 12.3. The molecular formula is C21H19NO6. The van der Waals surface area contributed by atoms with Gasteiger partial charge in [0.05, 0.1) is 5.56 Å². The predicted molar refractivity (Wildman–Crippen MR) is 100 cm³/mol. The standard InChI is InChI=1S/C21H19NO6/c23-17(14-3-6-16(7-4-14)22-9-1-2-20(22)24)13-28-21(25)15-5-8-18-19(12-15)27-11-10-26-18/h3-8,12H,1-2,9-11,13H2. The highest BCUT2D eigenvalue weighted by Crippen LogP contribution is 2.31. The minimum absolute atomic E-state index is 0.0902. The summed E-state index contributed by atoms with van der Waals surface area (Å²) in [5, 5.41) is 0. The van der Waals surface area contributed by atoms with E-state index in [4.69, 9.17) is 14.2 Å². The lowest BCUT2D eigenvalue weighted by atomic mass is 10.1. The molecule has 0 saturated carbocycles. The van der Waals surface area contributed by atoms with Gasteiger partial charge < -0.3 is 19.1 Å². The molecule has 2 aromatic carbocycles. The van der Waals surface area contributed by atoms with E-state index >= 15 is 0 Å². The summed E-state index contributed by atoms with van der Waals surface area (Å²) in [6, 6.07) is 11.5. The van der Waals surface area contributed by atoms with Crippen LogP contribution >= 0.6 is 0 Å². The number of ether oxygens (including phenoxy) is 3. The highest BCUT2D eigenvalue weighted by molar-refractivity contribution is 6.00. The summed E-state index contributed by atoms with van der Waals surface area (Å²) in [5.74, 6) is 0.233. The third kappa shape index (κ3) is 3.69. The molecule has 2 aromatic rings. The number of amides is 1. The SMILES string of the molecule is O=C(COC(=O)c1ccc2c(c1)OCCO2)c1ccc(N2CCCC2=O)cc1. The van der Waals surface area contributed by atoms with Crippen molar-refractivity contribution in [2.24, 2.45) is 0 Å². The molecule has 1 saturated heterocycles. The Labute approximate surface area is 161 Å². The fraction of sp³-hybridized carbons (Fsp3) is 0.286. The molecule has 0 aromatic heterocycles. The largest absolute Gasteiger partial charge is 0.486 e. The van der Waals surface area contributed by atoms with Gasteiger partial charge >= 0.3 is 5.97 Å². The number of Topliss-reactive ketones (excluding diaryl/α,β-unsaturated/α-hetero) is 1. The summed E-state index contributed by atoms with van der Waals surface area (Å²) in [4.78, 5) is 38.0. The smallest absolute Gasteiger partial charge is 0.338 e. The van der Waals surface area contributed by atoms with Crippen LogP contribution in [0.4, 0.5) is 5.69 Å². The summed E-state index contributed by atoms with van der Waals surface area (Å²) in [7, 11) is 0. The molecule has 4 rings (SSSR count). The molecule has 2 aliphatic rings. The van der Waals surface area contributed by atoms with Crippen LogP contribution in [0.1, 0.15) is 33.6 Å². The number of carbonyl (C=O) groups is 3. The summed E-state index contributed by atoms with van der Waals surface area (Å²) < 4.78 is 16.0. The first-order chi connectivity index (χ1) is 13.6. The van der Waals surface area contributed by atoms with E-state index in [1.54, 1.807) is 47.4 Å². The molecule has 28 heavy (non-hydrogen) atoms. The lowest BCUT2D eigenvalue weighted by Gasteiger charge is -2.18. The van der Waals surface area contributed by atoms with Crippen molar-refractivity contribution in [1.29, 1.82) is 0 Å². The number of ketones is 1. The Balaban J connectivity index is 1.36. The molecule has 144 valence electrons. The highest BCUT2D eigenvalue weighted by Gasteiger charge is 2.22. The molecule has 0 bridgehead atoms. The van der Waals surface area contributed by atoms with E-state index in [2.05, 4.69) is 0 Å². The maximum absolute atomic E-state index is 12.3. The molecule has 2 heterocycles. The van der Waals surface area contributed by atoms with Gasteiger partial charge in [0, 0.05) is 24.2 Å². The first kappa shape index (κ1) is 18.0. The van der Waals surface area contributed by atoms with Gasteiger partial charge in [0.1, 0.15) is 13.2 Å². The van der Waals surface area contributed by atoms with Crippen molar-refractivity contribution in [2.75, 3.05) is 31.3 Å². The van der Waals surface area contributed by atoms with Crippen LogP contribution in [0.2, 0.25) is 0 Å². The monoisotopic (exact) mass is 381 g/mol. The highest BCUT2D eigenvalue weighted by atomic mass is 16.6. The van der Waals surface area contributed by atoms with Crippen LogP contribution in [0.15, 0.2) is 42.5 Å². The second-order valence-electron chi connectivity index (χ2n) is 6.55. The van der Waals surface area contributed by atoms with Crippen LogP contribution < -0.4 is 14.4 Å². The Bertz CT molecular complexity index is 921. The van der Waals surface area contributed by atoms with Crippen molar-refractivity contribution in [3.8, 4) is 11.5 Å². The van der Waals surface area contributed by atoms with E-state index in [0.29, 0.717) is 48.8 Å². The first-order valence-electron chi connectivity index (χ1n) is 9.12. The third-order valence-corrected chi connectivity index (χ3v) is 4.69. The normalized spacial score (nSPS) is 15.4. The Kier molecular flexibility index (Phi) is 4.97. The van der Waals surface area contributed by atoms with Crippen LogP contribution in [0.25, 0.3) is 0 Å². The Morgan fingerprint density at radius 2 is 1.68 bits per heavy atom. The Morgan fingerprint density at radius 3 is 2.39 bits per heavy atom. The first-order valence-corrected chi connectivity index (χ1v) is 9.12. The van der Waals surface area contributed by atoms with Crippen molar-refractivity contribution >= 4 is 23.3 Å². The van der Waals surface area contributed by atoms with E-state index in [1.807, 2.05) is 0 Å². The van der Waals surface area contributed by atoms with Gasteiger partial charge in [-0.15, -0.1) is 0 Å². The molecule has 0 spiro atoms. The summed E-state index contributed by atoms with van der Waals surface area (Å²) in [6.07, 6.45) is 1.39. The average Bonchev–Trinajstić information content (AvgIpc) is 3.17. The molecule has 0 radical (unpaired) electrons. The van der Waals surface area contributed by atoms with Gasteiger partial charge in [-0.25, -0.2) is 4.79 Å². The van der Waals surface area contributed by atoms with Gasteiger partial charge in [0.25, 0.3) is 0 Å². The number of hydrogen-bond donors (Lipinski definition) is 0.